The molecule has 1 N–H and O–H groups in total. The number of ketones is 1. The van der Waals surface area contributed by atoms with E-state index >= 15 is 0 Å². The number of piperidine rings is 1. The molecule has 0 bridgehead atoms. The standard InChI is InChI=1S/C31H35ClN4O6/c1-3-42-31(40)36-18-25(27(37)19-35-13-10-33-17-29(35)38)23-15-24(28(41-2)16-26(23)36)30(39)34-11-8-21(9-12-34)14-20-4-6-22(32)7-5-20/h4-7,15-16,18,21,33H,3,8-14,17,19H2,1-2H3. The fourth-order valence-corrected chi connectivity index (χ4v) is 5.82. The number of halogens is 1. The molecule has 2 aromatic carbocycles. The molecule has 2 aliphatic rings. The number of carbonyl (C=O) groups is 4. The molecule has 222 valence electrons. The summed E-state index contributed by atoms with van der Waals surface area (Å²) >= 11 is 6.02. The highest BCUT2D eigenvalue weighted by atomic mass is 35.5. The van der Waals surface area contributed by atoms with Gasteiger partial charge in [0.25, 0.3) is 5.91 Å². The molecule has 2 aliphatic heterocycles. The van der Waals surface area contributed by atoms with Crippen LogP contribution in [0.5, 0.6) is 5.75 Å². The lowest BCUT2D eigenvalue weighted by molar-refractivity contribution is -0.131. The summed E-state index contributed by atoms with van der Waals surface area (Å²) in [6, 6.07) is 11.1. The largest absolute Gasteiger partial charge is 0.496 e. The number of likely N-dealkylation sites (tertiary alicyclic amines) is 1. The zero-order valence-electron chi connectivity index (χ0n) is 23.9. The number of methoxy groups -OCH3 is 1. The average Bonchev–Trinajstić information content (AvgIpc) is 3.38. The molecule has 0 spiro atoms. The Labute approximate surface area is 249 Å². The molecule has 3 aromatic rings. The Kier molecular flexibility index (Phi) is 9.13. The number of hydrogen-bond donors (Lipinski definition) is 1. The zero-order chi connectivity index (χ0) is 29.8. The van der Waals surface area contributed by atoms with Crippen LogP contribution in [0.4, 0.5) is 4.79 Å². The van der Waals surface area contributed by atoms with Crippen molar-refractivity contribution in [2.75, 3.05) is 53.0 Å². The number of fused-ring (bicyclic) bond motifs is 1. The van der Waals surface area contributed by atoms with E-state index in [-0.39, 0.29) is 42.9 Å². The molecule has 42 heavy (non-hydrogen) atoms. The number of nitrogens with zero attached hydrogens (tertiary/aromatic N) is 3. The highest BCUT2D eigenvalue weighted by molar-refractivity contribution is 6.30. The molecule has 0 atom stereocenters. The van der Waals surface area contributed by atoms with Gasteiger partial charge in [-0.3, -0.25) is 19.0 Å². The van der Waals surface area contributed by atoms with Crippen molar-refractivity contribution in [3.63, 3.8) is 0 Å². The van der Waals surface area contributed by atoms with Gasteiger partial charge in [-0.1, -0.05) is 23.7 Å². The van der Waals surface area contributed by atoms with Gasteiger partial charge in [-0.25, -0.2) is 4.79 Å². The summed E-state index contributed by atoms with van der Waals surface area (Å²) in [4.78, 5) is 55.7. The summed E-state index contributed by atoms with van der Waals surface area (Å²) in [5.74, 6) is 0.0646. The fourth-order valence-electron chi connectivity index (χ4n) is 5.69. The Morgan fingerprint density at radius 3 is 2.45 bits per heavy atom. The minimum atomic E-state index is -0.649. The molecule has 10 nitrogen and oxygen atoms in total. The van der Waals surface area contributed by atoms with Gasteiger partial charge in [-0.05, 0) is 55.9 Å². The van der Waals surface area contributed by atoms with Crippen molar-refractivity contribution >= 4 is 46.2 Å². The minimum absolute atomic E-state index is 0.126. The molecule has 0 radical (unpaired) electrons. The Morgan fingerprint density at radius 2 is 1.79 bits per heavy atom. The molecular weight excluding hydrogens is 560 g/mol. The summed E-state index contributed by atoms with van der Waals surface area (Å²) in [7, 11) is 1.47. The van der Waals surface area contributed by atoms with Crippen LogP contribution in [0.25, 0.3) is 10.9 Å². The lowest BCUT2D eigenvalue weighted by Crippen LogP contribution is -2.49. The maximum Gasteiger partial charge on any atom is 0.418 e. The topological polar surface area (TPSA) is 110 Å². The van der Waals surface area contributed by atoms with Gasteiger partial charge in [-0.15, -0.1) is 0 Å². The van der Waals surface area contributed by atoms with Crippen LogP contribution in [0.1, 0.15) is 46.0 Å². The van der Waals surface area contributed by atoms with Gasteiger partial charge in [0.2, 0.25) is 5.91 Å². The van der Waals surface area contributed by atoms with Gasteiger partial charge in [0.15, 0.2) is 5.78 Å². The van der Waals surface area contributed by atoms with Crippen LogP contribution in [-0.2, 0) is 16.0 Å². The SMILES string of the molecule is CCOC(=O)n1cc(C(=O)CN2CCNCC2=O)c2cc(C(=O)N3CCC(Cc4ccc(Cl)cc4)CC3)c(OC)cc21. The van der Waals surface area contributed by atoms with E-state index in [2.05, 4.69) is 5.32 Å². The monoisotopic (exact) mass is 594 g/mol. The van der Waals surface area contributed by atoms with Gasteiger partial charge in [-0.2, -0.15) is 0 Å². The lowest BCUT2D eigenvalue weighted by Gasteiger charge is -2.32. The molecular formula is C31H35ClN4O6. The van der Waals surface area contributed by atoms with E-state index in [4.69, 9.17) is 21.1 Å². The second-order valence-electron chi connectivity index (χ2n) is 10.7. The summed E-state index contributed by atoms with van der Waals surface area (Å²) in [6.07, 6.45) is 3.43. The highest BCUT2D eigenvalue weighted by Crippen LogP contribution is 2.33. The third kappa shape index (κ3) is 6.29. The Morgan fingerprint density at radius 1 is 1.05 bits per heavy atom. The lowest BCUT2D eigenvalue weighted by atomic mass is 9.90. The van der Waals surface area contributed by atoms with Gasteiger partial charge >= 0.3 is 6.09 Å². The number of amides is 2. The van der Waals surface area contributed by atoms with Crippen molar-refractivity contribution in [3.8, 4) is 5.75 Å². The Bertz CT molecular complexity index is 1490. The summed E-state index contributed by atoms with van der Waals surface area (Å²) in [6.45, 7) is 4.09. The molecule has 3 heterocycles. The van der Waals surface area contributed by atoms with Crippen LogP contribution in [-0.4, -0.2) is 91.0 Å². The smallest absolute Gasteiger partial charge is 0.418 e. The number of piperazine rings is 1. The van der Waals surface area contributed by atoms with Crippen molar-refractivity contribution in [2.45, 2.75) is 26.2 Å². The van der Waals surface area contributed by atoms with Crippen LogP contribution >= 0.6 is 11.6 Å². The maximum atomic E-state index is 13.8. The van der Waals surface area contributed by atoms with Crippen LogP contribution in [0, 0.1) is 5.92 Å². The third-order valence-electron chi connectivity index (χ3n) is 7.98. The molecule has 2 fully saturated rings. The van der Waals surface area contributed by atoms with Crippen LogP contribution in [0.3, 0.4) is 0 Å². The van der Waals surface area contributed by atoms with Crippen LogP contribution < -0.4 is 10.1 Å². The van der Waals surface area contributed by atoms with Gasteiger partial charge in [0.05, 0.1) is 37.9 Å². The highest BCUT2D eigenvalue weighted by Gasteiger charge is 2.29. The van der Waals surface area contributed by atoms with Crippen molar-refractivity contribution < 1.29 is 28.7 Å². The maximum absolute atomic E-state index is 13.8. The van der Waals surface area contributed by atoms with Crippen molar-refractivity contribution in [3.05, 3.63) is 64.3 Å². The third-order valence-corrected chi connectivity index (χ3v) is 8.23. The summed E-state index contributed by atoms with van der Waals surface area (Å²) in [5.41, 5.74) is 2.17. The number of aromatic nitrogens is 1. The van der Waals surface area contributed by atoms with E-state index in [1.165, 1.54) is 28.3 Å². The molecule has 5 rings (SSSR count). The molecule has 2 amide bonds. The van der Waals surface area contributed by atoms with E-state index < -0.39 is 6.09 Å². The van der Waals surface area contributed by atoms with E-state index in [1.54, 1.807) is 19.1 Å². The number of carbonyl (C=O) groups excluding carboxylic acids is 4. The van der Waals surface area contributed by atoms with Gasteiger partial charge < -0.3 is 24.6 Å². The van der Waals surface area contributed by atoms with E-state index in [0.29, 0.717) is 59.3 Å². The van der Waals surface area contributed by atoms with Crippen molar-refractivity contribution in [1.29, 1.82) is 0 Å². The fraction of sp³-hybridized carbons (Fsp3) is 0.419. The molecule has 0 saturated carbocycles. The molecule has 0 aliphatic carbocycles. The molecule has 2 saturated heterocycles. The van der Waals surface area contributed by atoms with Crippen LogP contribution in [0.15, 0.2) is 42.6 Å². The second-order valence-corrected chi connectivity index (χ2v) is 11.1. The first-order valence-electron chi connectivity index (χ1n) is 14.2. The van der Waals surface area contributed by atoms with Gasteiger partial charge in [0.1, 0.15) is 5.75 Å². The van der Waals surface area contributed by atoms with E-state index in [0.717, 1.165) is 19.3 Å². The number of benzene rings is 2. The van der Waals surface area contributed by atoms with Crippen LogP contribution in [0.2, 0.25) is 5.02 Å². The summed E-state index contributed by atoms with van der Waals surface area (Å²) < 4.78 is 12.1. The van der Waals surface area contributed by atoms with Crippen molar-refractivity contribution in [1.82, 2.24) is 19.7 Å². The van der Waals surface area contributed by atoms with Gasteiger partial charge in [0, 0.05) is 54.4 Å². The molecule has 1 aromatic heterocycles. The number of rotatable bonds is 8. The summed E-state index contributed by atoms with van der Waals surface area (Å²) in [5, 5.41) is 4.13. The van der Waals surface area contributed by atoms with E-state index in [9.17, 15) is 19.2 Å². The number of nitrogens with one attached hydrogen (secondary N) is 1. The first-order valence-corrected chi connectivity index (χ1v) is 14.6. The Balaban J connectivity index is 1.41. The molecule has 11 heteroatoms. The molecule has 0 unspecified atom stereocenters. The van der Waals surface area contributed by atoms with Crippen molar-refractivity contribution in [2.24, 2.45) is 5.92 Å². The number of ether oxygens (including phenoxy) is 2. The first kappa shape index (κ1) is 29.6. The normalized spacial score (nSPS) is 16.1. The second kappa shape index (κ2) is 13.0. The van der Waals surface area contributed by atoms with E-state index in [1.807, 2.05) is 29.2 Å². The first-order chi connectivity index (χ1) is 20.3. The quantitative estimate of drug-likeness (QED) is 0.392. The average molecular weight is 595 g/mol. The predicted molar refractivity (Wildman–Crippen MR) is 158 cm³/mol. The predicted octanol–water partition coefficient (Wildman–Crippen LogP) is 4.02. The number of Topliss-reactive ketones (excluding diaryl/α,β-unsaturated/α-hetero) is 1. The zero-order valence-corrected chi connectivity index (χ0v) is 24.6. The number of hydrogen-bond acceptors (Lipinski definition) is 7. The Hall–Kier alpha value is -3.89. The minimum Gasteiger partial charge on any atom is -0.496 e.